The topological polar surface area (TPSA) is 95.9 Å². The third-order valence-corrected chi connectivity index (χ3v) is 6.73. The van der Waals surface area contributed by atoms with Gasteiger partial charge in [-0.2, -0.15) is 13.2 Å². The molecule has 1 unspecified atom stereocenters. The summed E-state index contributed by atoms with van der Waals surface area (Å²) in [6.45, 7) is 0.584. The maximum Gasteiger partial charge on any atom is 0.416 e. The standard InChI is InChI=1S/C24H25F3N4O4/c25-24(26,27)16-3-1-2-15(8-16)22(33)23(34)30-7-6-21(32)31-13-18(9-17(31)12-30)35-20-11-28-19(10-29-20)14-4-5-14/h1-3,8,10-11,14,17-18,22,33H,4-7,9,12-13H2/t17-,18+,22?/m1/s1. The van der Waals surface area contributed by atoms with E-state index in [0.717, 1.165) is 36.7 Å². The molecular weight excluding hydrogens is 465 g/mol. The van der Waals surface area contributed by atoms with Crippen molar-refractivity contribution in [2.45, 2.75) is 56.0 Å². The molecule has 1 aromatic heterocycles. The lowest BCUT2D eigenvalue weighted by molar-refractivity contribution is -0.142. The lowest BCUT2D eigenvalue weighted by Gasteiger charge is -2.27. The molecule has 1 aliphatic carbocycles. The fourth-order valence-corrected chi connectivity index (χ4v) is 4.71. The number of fused-ring (bicyclic) bond motifs is 1. The zero-order valence-corrected chi connectivity index (χ0v) is 18.8. The van der Waals surface area contributed by atoms with Crippen LogP contribution in [0.1, 0.15) is 54.5 Å². The molecule has 11 heteroatoms. The Labute approximate surface area is 199 Å². The first kappa shape index (κ1) is 23.5. The summed E-state index contributed by atoms with van der Waals surface area (Å²) in [4.78, 5) is 37.4. The van der Waals surface area contributed by atoms with Gasteiger partial charge in [0, 0.05) is 31.8 Å². The van der Waals surface area contributed by atoms with Crippen molar-refractivity contribution in [3.8, 4) is 5.88 Å². The summed E-state index contributed by atoms with van der Waals surface area (Å²) in [6, 6.07) is 3.76. The van der Waals surface area contributed by atoms with Crippen molar-refractivity contribution in [1.82, 2.24) is 19.8 Å². The molecule has 2 aliphatic heterocycles. The molecule has 3 aliphatic rings. The van der Waals surface area contributed by atoms with Crippen molar-refractivity contribution < 1.29 is 32.6 Å². The van der Waals surface area contributed by atoms with E-state index in [1.807, 2.05) is 0 Å². The second-order valence-electron chi connectivity index (χ2n) is 9.29. The lowest BCUT2D eigenvalue weighted by Crippen LogP contribution is -2.42. The van der Waals surface area contributed by atoms with Crippen LogP contribution in [0.4, 0.5) is 13.2 Å². The number of aliphatic hydroxyl groups is 1. The molecule has 1 N–H and O–H groups in total. The number of hydrogen-bond donors (Lipinski definition) is 1. The fraction of sp³-hybridized carbons (Fsp3) is 0.500. The van der Waals surface area contributed by atoms with Crippen LogP contribution >= 0.6 is 0 Å². The molecular formula is C24H25F3N4O4. The van der Waals surface area contributed by atoms with Crippen molar-refractivity contribution >= 4 is 11.8 Å². The highest BCUT2D eigenvalue weighted by Gasteiger charge is 2.41. The first-order valence-corrected chi connectivity index (χ1v) is 11.6. The Morgan fingerprint density at radius 1 is 1.17 bits per heavy atom. The van der Waals surface area contributed by atoms with Gasteiger partial charge in [-0.05, 0) is 30.5 Å². The number of aromatic nitrogens is 2. The van der Waals surface area contributed by atoms with Crippen LogP contribution in [0.25, 0.3) is 0 Å². The molecule has 3 atom stereocenters. The van der Waals surface area contributed by atoms with Gasteiger partial charge in [0.15, 0.2) is 6.10 Å². The quantitative estimate of drug-likeness (QED) is 0.693. The third kappa shape index (κ3) is 5.09. The maximum atomic E-state index is 13.0. The second-order valence-corrected chi connectivity index (χ2v) is 9.29. The number of ether oxygens (including phenoxy) is 1. The van der Waals surface area contributed by atoms with Crippen molar-refractivity contribution in [2.75, 3.05) is 19.6 Å². The van der Waals surface area contributed by atoms with E-state index in [4.69, 9.17) is 4.74 Å². The molecule has 1 saturated carbocycles. The van der Waals surface area contributed by atoms with Crippen molar-refractivity contribution in [3.63, 3.8) is 0 Å². The number of hydrogen-bond acceptors (Lipinski definition) is 6. The number of aliphatic hydroxyl groups excluding tert-OH is 1. The molecule has 1 aromatic carbocycles. The van der Waals surface area contributed by atoms with E-state index in [-0.39, 0.29) is 43.1 Å². The summed E-state index contributed by atoms with van der Waals surface area (Å²) in [5.41, 5.74) is -0.137. The predicted octanol–water partition coefficient (Wildman–Crippen LogP) is 2.69. The summed E-state index contributed by atoms with van der Waals surface area (Å²) in [6.07, 6.45) is -0.624. The Morgan fingerprint density at radius 3 is 2.66 bits per heavy atom. The van der Waals surface area contributed by atoms with Crippen LogP contribution in [-0.2, 0) is 15.8 Å². The van der Waals surface area contributed by atoms with Gasteiger partial charge >= 0.3 is 6.18 Å². The fourth-order valence-electron chi connectivity index (χ4n) is 4.71. The summed E-state index contributed by atoms with van der Waals surface area (Å²) in [5, 5.41) is 10.5. The first-order chi connectivity index (χ1) is 16.7. The van der Waals surface area contributed by atoms with Gasteiger partial charge in [0.1, 0.15) is 6.10 Å². The summed E-state index contributed by atoms with van der Waals surface area (Å²) in [7, 11) is 0. The van der Waals surface area contributed by atoms with Gasteiger partial charge in [0.2, 0.25) is 11.8 Å². The zero-order chi connectivity index (χ0) is 24.7. The van der Waals surface area contributed by atoms with E-state index in [0.29, 0.717) is 24.8 Å². The molecule has 186 valence electrons. The number of rotatable bonds is 5. The van der Waals surface area contributed by atoms with E-state index in [9.17, 15) is 27.9 Å². The van der Waals surface area contributed by atoms with Gasteiger partial charge < -0.3 is 19.6 Å². The Kier molecular flexibility index (Phi) is 6.12. The largest absolute Gasteiger partial charge is 0.471 e. The van der Waals surface area contributed by atoms with Gasteiger partial charge in [-0.15, -0.1) is 0 Å². The molecule has 2 saturated heterocycles. The van der Waals surface area contributed by atoms with Gasteiger partial charge in [-0.1, -0.05) is 12.1 Å². The third-order valence-electron chi connectivity index (χ3n) is 6.73. The monoisotopic (exact) mass is 490 g/mol. The Morgan fingerprint density at radius 2 is 1.97 bits per heavy atom. The Hall–Kier alpha value is -3.21. The van der Waals surface area contributed by atoms with Crippen LogP contribution in [0.5, 0.6) is 5.88 Å². The molecule has 0 bridgehead atoms. The first-order valence-electron chi connectivity index (χ1n) is 11.6. The number of halogens is 3. The minimum Gasteiger partial charge on any atom is -0.471 e. The smallest absolute Gasteiger partial charge is 0.416 e. The highest BCUT2D eigenvalue weighted by atomic mass is 19.4. The van der Waals surface area contributed by atoms with E-state index < -0.39 is 23.8 Å². The normalized spacial score (nSPS) is 23.6. The summed E-state index contributed by atoms with van der Waals surface area (Å²) in [5.74, 6) is -0.0180. The lowest BCUT2D eigenvalue weighted by atomic mass is 10.0. The Bertz CT molecular complexity index is 1110. The number of nitrogens with zero attached hydrogens (tertiary/aromatic N) is 4. The van der Waals surface area contributed by atoms with Crippen molar-refractivity contribution in [3.05, 3.63) is 53.5 Å². The predicted molar refractivity (Wildman–Crippen MR) is 116 cm³/mol. The average Bonchev–Trinajstić information content (AvgIpc) is 3.63. The Balaban J connectivity index is 1.24. The van der Waals surface area contributed by atoms with E-state index in [2.05, 4.69) is 9.97 Å². The van der Waals surface area contributed by atoms with Crippen LogP contribution in [0, 0.1) is 0 Å². The van der Waals surface area contributed by atoms with Gasteiger partial charge in [0.25, 0.3) is 5.91 Å². The van der Waals surface area contributed by atoms with Crippen LogP contribution in [0.15, 0.2) is 36.7 Å². The van der Waals surface area contributed by atoms with Crippen molar-refractivity contribution in [1.29, 1.82) is 0 Å². The van der Waals surface area contributed by atoms with Gasteiger partial charge in [0.05, 0.1) is 36.2 Å². The number of carbonyl (C=O) groups is 2. The number of alkyl halides is 3. The molecule has 3 fully saturated rings. The molecule has 0 radical (unpaired) electrons. The summed E-state index contributed by atoms with van der Waals surface area (Å²) >= 11 is 0. The highest BCUT2D eigenvalue weighted by Crippen LogP contribution is 2.38. The second kappa shape index (κ2) is 9.10. The van der Waals surface area contributed by atoms with Crippen molar-refractivity contribution in [2.24, 2.45) is 0 Å². The SMILES string of the molecule is O=C(C(O)c1cccc(C(F)(F)F)c1)N1CCC(=O)N2C[C@@H](Oc3cnc(C4CC4)cn3)C[C@@H]2C1. The zero-order valence-electron chi connectivity index (χ0n) is 18.8. The van der Waals surface area contributed by atoms with E-state index in [1.165, 1.54) is 11.0 Å². The van der Waals surface area contributed by atoms with Crippen LogP contribution in [-0.4, -0.2) is 68.5 Å². The molecule has 35 heavy (non-hydrogen) atoms. The molecule has 5 rings (SSSR count). The van der Waals surface area contributed by atoms with Crippen LogP contribution in [0.3, 0.4) is 0 Å². The van der Waals surface area contributed by atoms with Crippen LogP contribution < -0.4 is 4.74 Å². The molecule has 2 amide bonds. The van der Waals surface area contributed by atoms with E-state index >= 15 is 0 Å². The number of carbonyl (C=O) groups excluding carboxylic acids is 2. The number of benzene rings is 1. The van der Waals surface area contributed by atoms with Gasteiger partial charge in [-0.25, -0.2) is 4.98 Å². The average molecular weight is 490 g/mol. The molecule has 0 spiro atoms. The highest BCUT2D eigenvalue weighted by molar-refractivity contribution is 5.84. The molecule has 2 aromatic rings. The summed E-state index contributed by atoms with van der Waals surface area (Å²) < 4.78 is 45.1. The van der Waals surface area contributed by atoms with E-state index in [1.54, 1.807) is 17.3 Å². The number of amides is 2. The molecule has 3 heterocycles. The minimum atomic E-state index is -4.59. The molecule has 8 nitrogen and oxygen atoms in total. The van der Waals surface area contributed by atoms with Gasteiger partial charge in [-0.3, -0.25) is 14.6 Å². The minimum absolute atomic E-state index is 0.0557. The maximum absolute atomic E-state index is 13.0. The van der Waals surface area contributed by atoms with Crippen LogP contribution in [0.2, 0.25) is 0 Å².